The van der Waals surface area contributed by atoms with Crippen molar-refractivity contribution in [3.8, 4) is 5.75 Å². The van der Waals surface area contributed by atoms with E-state index in [0.717, 1.165) is 15.8 Å². The average Bonchev–Trinajstić information content (AvgIpc) is 2.25. The van der Waals surface area contributed by atoms with Crippen LogP contribution in [0.1, 0.15) is 19.4 Å². The van der Waals surface area contributed by atoms with Crippen molar-refractivity contribution < 1.29 is 4.74 Å². The molecule has 1 rings (SSSR count). The molecule has 0 saturated carbocycles. The molecule has 2 N–H and O–H groups in total. The number of hydrogen-bond donors (Lipinski definition) is 1. The molecule has 0 aromatic heterocycles. The standard InChI is InChI=1S/C13H21BrN2O/c1-13(2,16(3)4)9-17-12-6-10(8-15)5-11(14)7-12/h5-7H,8-9,15H2,1-4H3. The fourth-order valence-corrected chi connectivity index (χ4v) is 1.73. The van der Waals surface area contributed by atoms with Crippen LogP contribution in [-0.4, -0.2) is 31.1 Å². The maximum atomic E-state index is 5.83. The third-order valence-electron chi connectivity index (χ3n) is 2.97. The van der Waals surface area contributed by atoms with Crippen LogP contribution in [0.5, 0.6) is 5.75 Å². The fourth-order valence-electron chi connectivity index (χ4n) is 1.21. The Morgan fingerprint density at radius 3 is 2.47 bits per heavy atom. The summed E-state index contributed by atoms with van der Waals surface area (Å²) in [5.74, 6) is 0.856. The second kappa shape index (κ2) is 5.85. The van der Waals surface area contributed by atoms with Crippen LogP contribution in [0.2, 0.25) is 0 Å². The van der Waals surface area contributed by atoms with E-state index < -0.39 is 0 Å². The summed E-state index contributed by atoms with van der Waals surface area (Å²) in [5.41, 5.74) is 6.71. The minimum atomic E-state index is 0.00515. The second-order valence-electron chi connectivity index (χ2n) is 4.99. The van der Waals surface area contributed by atoms with Crippen LogP contribution >= 0.6 is 15.9 Å². The Morgan fingerprint density at radius 2 is 1.94 bits per heavy atom. The first kappa shape index (κ1) is 14.5. The van der Waals surface area contributed by atoms with Crippen LogP contribution in [0.4, 0.5) is 0 Å². The van der Waals surface area contributed by atoms with Gasteiger partial charge in [0, 0.05) is 16.6 Å². The number of likely N-dealkylation sites (N-methyl/N-ethyl adjacent to an activating group) is 1. The van der Waals surface area contributed by atoms with Gasteiger partial charge in [-0.05, 0) is 51.7 Å². The van der Waals surface area contributed by atoms with Crippen LogP contribution in [0, 0.1) is 0 Å². The Labute approximate surface area is 112 Å². The Hall–Kier alpha value is -0.580. The van der Waals surface area contributed by atoms with E-state index in [2.05, 4.69) is 48.8 Å². The second-order valence-corrected chi connectivity index (χ2v) is 5.91. The van der Waals surface area contributed by atoms with Crippen LogP contribution in [-0.2, 0) is 6.54 Å². The highest BCUT2D eigenvalue weighted by molar-refractivity contribution is 9.10. The largest absolute Gasteiger partial charge is 0.492 e. The van der Waals surface area contributed by atoms with Gasteiger partial charge in [0.2, 0.25) is 0 Å². The molecule has 96 valence electrons. The van der Waals surface area contributed by atoms with Gasteiger partial charge in [-0.25, -0.2) is 0 Å². The Morgan fingerprint density at radius 1 is 1.29 bits per heavy atom. The molecule has 0 spiro atoms. The van der Waals surface area contributed by atoms with E-state index in [-0.39, 0.29) is 5.54 Å². The Bertz CT molecular complexity index is 378. The fraction of sp³-hybridized carbons (Fsp3) is 0.538. The molecule has 0 atom stereocenters. The van der Waals surface area contributed by atoms with Crippen molar-refractivity contribution in [1.29, 1.82) is 0 Å². The molecule has 17 heavy (non-hydrogen) atoms. The van der Waals surface area contributed by atoms with Crippen molar-refractivity contribution in [3.63, 3.8) is 0 Å². The van der Waals surface area contributed by atoms with Gasteiger partial charge < -0.3 is 15.4 Å². The maximum absolute atomic E-state index is 5.83. The van der Waals surface area contributed by atoms with Gasteiger partial charge >= 0.3 is 0 Å². The van der Waals surface area contributed by atoms with Crippen molar-refractivity contribution in [2.24, 2.45) is 5.73 Å². The Kier molecular flexibility index (Phi) is 4.98. The minimum absolute atomic E-state index is 0.00515. The van der Waals surface area contributed by atoms with E-state index in [4.69, 9.17) is 10.5 Å². The number of benzene rings is 1. The van der Waals surface area contributed by atoms with Crippen molar-refractivity contribution in [1.82, 2.24) is 4.90 Å². The van der Waals surface area contributed by atoms with Crippen molar-refractivity contribution in [2.75, 3.05) is 20.7 Å². The molecule has 0 aliphatic heterocycles. The minimum Gasteiger partial charge on any atom is -0.492 e. The number of nitrogens with two attached hydrogens (primary N) is 1. The molecule has 0 bridgehead atoms. The van der Waals surface area contributed by atoms with Gasteiger partial charge in [0.1, 0.15) is 12.4 Å². The summed E-state index contributed by atoms with van der Waals surface area (Å²) in [7, 11) is 4.10. The van der Waals surface area contributed by atoms with Crippen molar-refractivity contribution >= 4 is 15.9 Å². The maximum Gasteiger partial charge on any atom is 0.120 e. The van der Waals surface area contributed by atoms with Gasteiger partial charge in [0.25, 0.3) is 0 Å². The number of ether oxygens (including phenoxy) is 1. The van der Waals surface area contributed by atoms with Crippen LogP contribution in [0.3, 0.4) is 0 Å². The monoisotopic (exact) mass is 300 g/mol. The summed E-state index contributed by atoms with van der Waals surface area (Å²) in [5, 5.41) is 0. The first-order valence-corrected chi connectivity index (χ1v) is 6.44. The van der Waals surface area contributed by atoms with Crippen molar-refractivity contribution in [3.05, 3.63) is 28.2 Å². The number of halogens is 1. The first-order valence-electron chi connectivity index (χ1n) is 5.65. The molecular formula is C13H21BrN2O. The summed E-state index contributed by atoms with van der Waals surface area (Å²) >= 11 is 3.46. The molecule has 0 aliphatic carbocycles. The predicted octanol–water partition coefficient (Wildman–Crippen LogP) is 2.63. The molecule has 0 amide bonds. The predicted molar refractivity (Wildman–Crippen MR) is 75.3 cm³/mol. The lowest BCUT2D eigenvalue weighted by molar-refractivity contribution is 0.114. The van der Waals surface area contributed by atoms with Gasteiger partial charge in [-0.15, -0.1) is 0 Å². The van der Waals surface area contributed by atoms with E-state index in [9.17, 15) is 0 Å². The van der Waals surface area contributed by atoms with E-state index in [1.165, 1.54) is 0 Å². The third-order valence-corrected chi connectivity index (χ3v) is 3.43. The zero-order valence-corrected chi connectivity index (χ0v) is 12.5. The van der Waals surface area contributed by atoms with Crippen LogP contribution in [0.25, 0.3) is 0 Å². The average molecular weight is 301 g/mol. The zero-order valence-electron chi connectivity index (χ0n) is 11.0. The molecule has 0 fully saturated rings. The SMILES string of the molecule is CN(C)C(C)(C)COc1cc(Br)cc(CN)c1. The lowest BCUT2D eigenvalue weighted by Crippen LogP contribution is -2.43. The topological polar surface area (TPSA) is 38.5 Å². The highest BCUT2D eigenvalue weighted by Gasteiger charge is 2.21. The van der Waals surface area contributed by atoms with E-state index in [1.807, 2.05) is 18.2 Å². The summed E-state index contributed by atoms with van der Waals surface area (Å²) < 4.78 is 6.83. The van der Waals surface area contributed by atoms with Gasteiger partial charge in [0.05, 0.1) is 0 Å². The molecule has 0 heterocycles. The lowest BCUT2D eigenvalue weighted by Gasteiger charge is -2.32. The molecule has 0 radical (unpaired) electrons. The quantitative estimate of drug-likeness (QED) is 0.908. The van der Waals surface area contributed by atoms with E-state index in [0.29, 0.717) is 13.2 Å². The van der Waals surface area contributed by atoms with Crippen molar-refractivity contribution in [2.45, 2.75) is 25.9 Å². The number of nitrogens with zero attached hydrogens (tertiary/aromatic N) is 1. The highest BCUT2D eigenvalue weighted by Crippen LogP contribution is 2.22. The smallest absolute Gasteiger partial charge is 0.120 e. The van der Waals surface area contributed by atoms with Gasteiger partial charge in [-0.3, -0.25) is 0 Å². The van der Waals surface area contributed by atoms with Gasteiger partial charge in [-0.2, -0.15) is 0 Å². The first-order chi connectivity index (χ1) is 7.85. The van der Waals surface area contributed by atoms with Gasteiger partial charge in [0.15, 0.2) is 0 Å². The molecule has 0 aliphatic rings. The lowest BCUT2D eigenvalue weighted by atomic mass is 10.1. The normalized spacial score (nSPS) is 11.9. The number of rotatable bonds is 5. The molecule has 1 aromatic rings. The molecule has 3 nitrogen and oxygen atoms in total. The summed E-state index contributed by atoms with van der Waals surface area (Å²) in [6, 6.07) is 5.95. The zero-order chi connectivity index (χ0) is 13.1. The van der Waals surface area contributed by atoms with Crippen LogP contribution in [0.15, 0.2) is 22.7 Å². The van der Waals surface area contributed by atoms with E-state index >= 15 is 0 Å². The Balaban J connectivity index is 2.72. The highest BCUT2D eigenvalue weighted by atomic mass is 79.9. The molecular weight excluding hydrogens is 280 g/mol. The van der Waals surface area contributed by atoms with E-state index in [1.54, 1.807) is 0 Å². The summed E-state index contributed by atoms with van der Waals surface area (Å²) in [6.07, 6.45) is 0. The van der Waals surface area contributed by atoms with Gasteiger partial charge in [-0.1, -0.05) is 15.9 Å². The summed E-state index contributed by atoms with van der Waals surface area (Å²) in [6.45, 7) is 5.46. The summed E-state index contributed by atoms with van der Waals surface area (Å²) in [4.78, 5) is 2.15. The number of hydrogen-bond acceptors (Lipinski definition) is 3. The molecule has 4 heteroatoms. The van der Waals surface area contributed by atoms with Crippen LogP contribution < -0.4 is 10.5 Å². The third kappa shape index (κ3) is 4.30. The molecule has 1 aromatic carbocycles. The molecule has 0 saturated heterocycles. The molecule has 0 unspecified atom stereocenters.